The molecule has 0 saturated carbocycles. The number of hydrogen-bond donors (Lipinski definition) is 16. The van der Waals surface area contributed by atoms with Gasteiger partial charge >= 0.3 is 0 Å². The molecule has 0 aromatic heterocycles. The number of hydrazine groups is 1. The average Bonchev–Trinajstić information content (AvgIpc) is 3.39. The van der Waals surface area contributed by atoms with E-state index in [1.165, 1.54) is 11.8 Å². The van der Waals surface area contributed by atoms with Gasteiger partial charge in [0.25, 0.3) is 0 Å². The highest BCUT2D eigenvalue weighted by Crippen LogP contribution is 2.31. The highest BCUT2D eigenvalue weighted by atomic mass is 16.8. The van der Waals surface area contributed by atoms with Crippen molar-refractivity contribution < 1.29 is 128 Å². The number of Topliss-reactive ketones (excluding diaryl/α,β-unsaturated/α-hetero) is 3. The van der Waals surface area contributed by atoms with Crippen LogP contribution in [0.25, 0.3) is 0 Å². The summed E-state index contributed by atoms with van der Waals surface area (Å²) in [5.74, 6) is -1.70. The normalized spacial score (nSPS) is 35.9. The maximum Gasteiger partial charge on any atom is 0.234 e. The molecule has 440 valence electrons. The zero-order valence-corrected chi connectivity index (χ0v) is 42.6. The first kappa shape index (κ1) is 65.5. The van der Waals surface area contributed by atoms with Gasteiger partial charge in [-0.05, 0) is 26.2 Å². The second kappa shape index (κ2) is 32.9. The van der Waals surface area contributed by atoms with Crippen LogP contribution in [0.3, 0.4) is 0 Å². The third kappa shape index (κ3) is 19.7. The van der Waals surface area contributed by atoms with E-state index >= 15 is 0 Å². The van der Waals surface area contributed by atoms with Crippen molar-refractivity contribution in [1.29, 1.82) is 0 Å². The Hall–Kier alpha value is -2.97. The average molecular weight is 1110 g/mol. The minimum atomic E-state index is -1.98. The molecule has 4 aliphatic rings. The summed E-state index contributed by atoms with van der Waals surface area (Å²) < 4.78 is 44.4. The third-order valence-electron chi connectivity index (χ3n) is 13.1. The van der Waals surface area contributed by atoms with Crippen molar-refractivity contribution in [2.75, 3.05) is 65.8 Å². The van der Waals surface area contributed by atoms with Gasteiger partial charge in [0.05, 0.1) is 65.3 Å². The molecule has 30 nitrogen and oxygen atoms in total. The zero-order chi connectivity index (χ0) is 56.2. The molecular formula is C46H80N4O26. The van der Waals surface area contributed by atoms with Crippen LogP contribution < -0.4 is 16.2 Å². The van der Waals surface area contributed by atoms with Gasteiger partial charge in [0.2, 0.25) is 11.8 Å². The number of nitrogens with zero attached hydrogens (tertiary/aromatic N) is 1. The number of rotatable bonds is 33. The molecule has 76 heavy (non-hydrogen) atoms. The number of amides is 2. The number of aliphatic hydroxyl groups excluding tert-OH is 13. The molecular weight excluding hydrogens is 1020 g/mol. The Morgan fingerprint density at radius 1 is 0.500 bits per heavy atom. The molecule has 4 saturated heterocycles. The monoisotopic (exact) mass is 1100 g/mol. The fourth-order valence-electron chi connectivity index (χ4n) is 8.53. The molecule has 4 aliphatic heterocycles. The topological polar surface area (TPSA) is 462 Å². The van der Waals surface area contributed by atoms with Gasteiger partial charge in [-0.2, -0.15) is 0 Å². The molecule has 0 spiro atoms. The van der Waals surface area contributed by atoms with Crippen LogP contribution in [0.4, 0.5) is 0 Å². The van der Waals surface area contributed by atoms with Crippen molar-refractivity contribution >= 4 is 29.2 Å². The van der Waals surface area contributed by atoms with Crippen molar-refractivity contribution in [2.45, 2.75) is 194 Å². The predicted molar refractivity (Wildman–Crippen MR) is 251 cm³/mol. The number of unbranched alkanes of at least 4 members (excludes halogenated alkanes) is 3. The van der Waals surface area contributed by atoms with Gasteiger partial charge in [0.1, 0.15) is 109 Å². The molecule has 16 N–H and O–H groups in total. The van der Waals surface area contributed by atoms with Gasteiger partial charge < -0.3 is 110 Å². The fraction of sp³-hybridized carbons (Fsp3) is 0.891. The summed E-state index contributed by atoms with van der Waals surface area (Å²) in [4.78, 5) is 64.4. The SMILES string of the molecule is CCC(=O)CNNC(=O)CCCCCCC(=O)CN(CC(=O)CCCO[C@@H]1O[C@@H](C)[C@@H](O)[C@@H](O)[C@@H]1O)CC(=O)NCCO[C@H]1O[C@H](CO[C@H]2O[C@H](CO)[C@@H](O)[C@H](O)[C@@H]2O)[C@@H](O)[C@H](O[C@H]2O[C@H](CO)[C@@H](O)[C@H](O)[C@@H]2O)[C@@H]1O. The lowest BCUT2D eigenvalue weighted by Gasteiger charge is -2.46. The van der Waals surface area contributed by atoms with Crippen LogP contribution in [0.15, 0.2) is 0 Å². The van der Waals surface area contributed by atoms with Crippen LogP contribution in [-0.2, 0) is 61.9 Å². The Kier molecular flexibility index (Phi) is 28.4. The lowest BCUT2D eigenvalue weighted by atomic mass is 9.96. The molecule has 4 rings (SSSR count). The second-order valence-electron chi connectivity index (χ2n) is 19.2. The minimum absolute atomic E-state index is 0.0155. The maximum absolute atomic E-state index is 13.3. The van der Waals surface area contributed by atoms with E-state index in [9.17, 15) is 90.4 Å². The van der Waals surface area contributed by atoms with Gasteiger partial charge in [0.15, 0.2) is 25.2 Å². The molecule has 0 unspecified atom stereocenters. The zero-order valence-electron chi connectivity index (χ0n) is 42.6. The molecule has 4 fully saturated rings. The Labute approximate surface area is 438 Å². The predicted octanol–water partition coefficient (Wildman–Crippen LogP) is -8.43. The standard InChI is InChI=1S/C46H80N4O26/c1-3-23(53)15-48-49-29(56)11-7-5-4-6-9-24(54)16-50(17-25(55)10-8-13-69-43-38(65)35(62)31(58)22(2)72-43)18-30(57)47-12-14-70-45-41(68)42(76-46-40(67)37(64)33(60)27(20-52)74-46)34(61)28(75-45)21-71-44-39(66)36(63)32(59)26(19-51)73-44/h22,26-28,31-46,48,51-52,58-68H,3-21H2,1-2H3,(H,47,57)(H,49,56)/t22-,26+,27+,28+,31+,32+,33+,34+,35+,36-,37-,38-,39-,40-,41-,42-,43+,44-,45-,46+/m0/s1. The number of nitrogens with one attached hydrogen (secondary N) is 3. The van der Waals surface area contributed by atoms with E-state index < -0.39 is 162 Å². The summed E-state index contributed by atoms with van der Waals surface area (Å²) in [6.45, 7) is -1.03. The first-order valence-corrected chi connectivity index (χ1v) is 25.5. The summed E-state index contributed by atoms with van der Waals surface area (Å²) in [6, 6.07) is 0. The van der Waals surface area contributed by atoms with Gasteiger partial charge in [-0.1, -0.05) is 19.8 Å². The van der Waals surface area contributed by atoms with E-state index in [1.54, 1.807) is 6.92 Å². The molecule has 2 amide bonds. The lowest BCUT2D eigenvalue weighted by molar-refractivity contribution is -0.366. The van der Waals surface area contributed by atoms with Crippen molar-refractivity contribution in [3.8, 4) is 0 Å². The first-order valence-electron chi connectivity index (χ1n) is 25.5. The van der Waals surface area contributed by atoms with Crippen molar-refractivity contribution in [3.05, 3.63) is 0 Å². The van der Waals surface area contributed by atoms with E-state index in [-0.39, 0.29) is 81.7 Å². The molecule has 0 radical (unpaired) electrons. The summed E-state index contributed by atoms with van der Waals surface area (Å²) in [6.07, 6.45) is -30.1. The van der Waals surface area contributed by atoms with E-state index in [1.807, 2.05) is 0 Å². The van der Waals surface area contributed by atoms with Crippen LogP contribution >= 0.6 is 0 Å². The number of carbonyl (C=O) groups is 5. The Balaban J connectivity index is 1.34. The van der Waals surface area contributed by atoms with E-state index in [0.29, 0.717) is 32.1 Å². The first-order chi connectivity index (χ1) is 36.1. The minimum Gasteiger partial charge on any atom is -0.394 e. The molecule has 0 aromatic carbocycles. The van der Waals surface area contributed by atoms with Gasteiger partial charge in [-0.25, -0.2) is 5.43 Å². The van der Waals surface area contributed by atoms with Crippen molar-refractivity contribution in [1.82, 2.24) is 21.1 Å². The van der Waals surface area contributed by atoms with Crippen molar-refractivity contribution in [3.63, 3.8) is 0 Å². The molecule has 4 heterocycles. The molecule has 20 atom stereocenters. The Morgan fingerprint density at radius 3 is 1.62 bits per heavy atom. The number of hydrogen-bond acceptors (Lipinski definition) is 28. The number of ether oxygens (including phenoxy) is 8. The Morgan fingerprint density at radius 2 is 1.01 bits per heavy atom. The lowest BCUT2D eigenvalue weighted by Crippen LogP contribution is -2.65. The quantitative estimate of drug-likeness (QED) is 0.0214. The van der Waals surface area contributed by atoms with Crippen LogP contribution in [0.5, 0.6) is 0 Å². The highest BCUT2D eigenvalue weighted by Gasteiger charge is 2.52. The fourth-order valence-corrected chi connectivity index (χ4v) is 8.53. The van der Waals surface area contributed by atoms with Crippen molar-refractivity contribution in [2.24, 2.45) is 0 Å². The molecule has 0 bridgehead atoms. The highest BCUT2D eigenvalue weighted by molar-refractivity contribution is 5.85. The summed E-state index contributed by atoms with van der Waals surface area (Å²) >= 11 is 0. The number of ketones is 3. The van der Waals surface area contributed by atoms with Gasteiger partial charge in [-0.15, -0.1) is 0 Å². The molecule has 0 aliphatic carbocycles. The van der Waals surface area contributed by atoms with Crippen LogP contribution in [0.1, 0.15) is 71.6 Å². The Bertz CT molecular complexity index is 1770. The summed E-state index contributed by atoms with van der Waals surface area (Å²) in [5, 5.41) is 137. The maximum atomic E-state index is 13.3. The van der Waals surface area contributed by atoms with Crippen LogP contribution in [0, 0.1) is 0 Å². The summed E-state index contributed by atoms with van der Waals surface area (Å²) in [5.41, 5.74) is 5.03. The van der Waals surface area contributed by atoms with E-state index in [0.717, 1.165) is 0 Å². The number of carbonyl (C=O) groups excluding carboxylic acids is 5. The molecule has 0 aromatic rings. The van der Waals surface area contributed by atoms with E-state index in [2.05, 4.69) is 16.2 Å². The smallest absolute Gasteiger partial charge is 0.234 e. The van der Waals surface area contributed by atoms with Crippen LogP contribution in [-0.4, -0.2) is 289 Å². The van der Waals surface area contributed by atoms with Gasteiger partial charge in [0, 0.05) is 32.2 Å². The van der Waals surface area contributed by atoms with Gasteiger partial charge in [-0.3, -0.25) is 34.3 Å². The molecule has 30 heteroatoms. The van der Waals surface area contributed by atoms with Crippen LogP contribution in [0.2, 0.25) is 0 Å². The largest absolute Gasteiger partial charge is 0.394 e. The number of aliphatic hydroxyl groups is 13. The third-order valence-corrected chi connectivity index (χ3v) is 13.1. The summed E-state index contributed by atoms with van der Waals surface area (Å²) in [7, 11) is 0. The second-order valence-corrected chi connectivity index (χ2v) is 19.2. The van der Waals surface area contributed by atoms with E-state index in [4.69, 9.17) is 37.9 Å².